The molecule has 1 saturated heterocycles. The van der Waals surface area contributed by atoms with Gasteiger partial charge in [-0.1, -0.05) is 20.8 Å². The highest BCUT2D eigenvalue weighted by molar-refractivity contribution is 4.93. The van der Waals surface area contributed by atoms with E-state index in [1.165, 1.54) is 13.0 Å². The first-order valence-corrected chi connectivity index (χ1v) is 6.71. The normalized spacial score (nSPS) is 28.4. The fourth-order valence-electron chi connectivity index (χ4n) is 2.31. The van der Waals surface area contributed by atoms with Crippen molar-refractivity contribution in [1.29, 1.82) is 0 Å². The molecule has 2 unspecified atom stereocenters. The maximum atomic E-state index is 6.27. The Morgan fingerprint density at radius 3 is 2.35 bits per heavy atom. The van der Waals surface area contributed by atoms with Crippen LogP contribution in [0, 0.1) is 11.3 Å². The molecule has 0 aromatic heterocycles. The minimum Gasteiger partial charge on any atom is -0.380 e. The highest BCUT2D eigenvalue weighted by Gasteiger charge is 2.37. The van der Waals surface area contributed by atoms with Gasteiger partial charge >= 0.3 is 0 Å². The second-order valence-corrected chi connectivity index (χ2v) is 6.88. The molecule has 0 aromatic carbocycles. The molecule has 0 aromatic rings. The quantitative estimate of drug-likeness (QED) is 0.820. The average molecular weight is 242 g/mol. The molecule has 2 atom stereocenters. The topological polar surface area (TPSA) is 38.5 Å². The zero-order valence-corrected chi connectivity index (χ0v) is 12.4. The first kappa shape index (κ1) is 14.9. The van der Waals surface area contributed by atoms with Crippen LogP contribution in [0.1, 0.15) is 41.0 Å². The van der Waals surface area contributed by atoms with Crippen molar-refractivity contribution >= 4 is 0 Å². The lowest BCUT2D eigenvalue weighted by Gasteiger charge is -2.45. The van der Waals surface area contributed by atoms with Crippen molar-refractivity contribution in [1.82, 2.24) is 4.90 Å². The van der Waals surface area contributed by atoms with E-state index in [-0.39, 0.29) is 11.0 Å². The fraction of sp³-hybridized carbons (Fsp3) is 1.00. The minimum absolute atomic E-state index is 0.117. The van der Waals surface area contributed by atoms with Crippen LogP contribution in [0.5, 0.6) is 0 Å². The van der Waals surface area contributed by atoms with Crippen LogP contribution in [0.15, 0.2) is 0 Å². The number of nitrogens with two attached hydrogens (primary N) is 1. The number of likely N-dealkylation sites (tertiary alicyclic amines) is 1. The molecule has 2 N–H and O–H groups in total. The zero-order chi connectivity index (χ0) is 13.3. The minimum atomic E-state index is -0.154. The van der Waals surface area contributed by atoms with E-state index >= 15 is 0 Å². The molecule has 3 nitrogen and oxygen atoms in total. The third-order valence-electron chi connectivity index (χ3n) is 4.64. The lowest BCUT2D eigenvalue weighted by atomic mass is 9.74. The van der Waals surface area contributed by atoms with Gasteiger partial charge in [0.1, 0.15) is 0 Å². The van der Waals surface area contributed by atoms with Gasteiger partial charge in [-0.25, -0.2) is 0 Å². The average Bonchev–Trinajstić information content (AvgIpc) is 2.19. The number of hydrogen-bond acceptors (Lipinski definition) is 3. The van der Waals surface area contributed by atoms with Gasteiger partial charge in [0.05, 0.1) is 6.10 Å². The summed E-state index contributed by atoms with van der Waals surface area (Å²) in [5.74, 6) is 0.672. The van der Waals surface area contributed by atoms with Gasteiger partial charge < -0.3 is 15.4 Å². The Bertz CT molecular complexity index is 245. The van der Waals surface area contributed by atoms with Crippen molar-refractivity contribution in [2.24, 2.45) is 17.1 Å². The first-order chi connectivity index (χ1) is 7.67. The number of nitrogens with zero attached hydrogens (tertiary/aromatic N) is 1. The Labute approximate surface area is 107 Å². The molecular weight excluding hydrogens is 212 g/mol. The molecular formula is C14H30N2O. The van der Waals surface area contributed by atoms with Gasteiger partial charge in [-0.15, -0.1) is 0 Å². The Kier molecular flexibility index (Phi) is 4.61. The number of piperidine rings is 1. The maximum Gasteiger partial charge on any atom is 0.0724 e. The number of methoxy groups -OCH3 is 1. The van der Waals surface area contributed by atoms with Crippen molar-refractivity contribution in [3.63, 3.8) is 0 Å². The van der Waals surface area contributed by atoms with Crippen LogP contribution in [0.25, 0.3) is 0 Å². The van der Waals surface area contributed by atoms with E-state index in [0.29, 0.717) is 12.0 Å². The molecule has 1 aliphatic rings. The van der Waals surface area contributed by atoms with Crippen LogP contribution in [0.4, 0.5) is 0 Å². The van der Waals surface area contributed by atoms with E-state index in [1.54, 1.807) is 0 Å². The number of ether oxygens (including phenoxy) is 1. The summed E-state index contributed by atoms with van der Waals surface area (Å²) in [4.78, 5) is 2.50. The summed E-state index contributed by atoms with van der Waals surface area (Å²) in [5, 5.41) is 0. The summed E-state index contributed by atoms with van der Waals surface area (Å²) in [6.45, 7) is 14.3. The van der Waals surface area contributed by atoms with Crippen LogP contribution >= 0.6 is 0 Å². The van der Waals surface area contributed by atoms with Gasteiger partial charge in [-0.3, -0.25) is 0 Å². The Balaban J connectivity index is 2.58. The lowest BCUT2D eigenvalue weighted by molar-refractivity contribution is -0.0214. The second-order valence-electron chi connectivity index (χ2n) is 6.88. The molecule has 102 valence electrons. The van der Waals surface area contributed by atoms with Gasteiger partial charge in [0.25, 0.3) is 0 Å². The molecule has 1 heterocycles. The van der Waals surface area contributed by atoms with Crippen LogP contribution in [0.2, 0.25) is 0 Å². The van der Waals surface area contributed by atoms with Gasteiger partial charge in [-0.05, 0) is 38.1 Å². The highest BCUT2D eigenvalue weighted by Crippen LogP contribution is 2.31. The van der Waals surface area contributed by atoms with E-state index in [2.05, 4.69) is 39.5 Å². The third-order valence-corrected chi connectivity index (χ3v) is 4.64. The molecule has 0 bridgehead atoms. The summed E-state index contributed by atoms with van der Waals surface area (Å²) in [6, 6.07) is 0. The molecule has 0 radical (unpaired) electrons. The predicted molar refractivity (Wildman–Crippen MR) is 73.1 cm³/mol. The van der Waals surface area contributed by atoms with Crippen molar-refractivity contribution in [2.45, 2.75) is 52.7 Å². The third kappa shape index (κ3) is 3.67. The number of rotatable bonds is 4. The summed E-state index contributed by atoms with van der Waals surface area (Å²) >= 11 is 0. The van der Waals surface area contributed by atoms with E-state index in [9.17, 15) is 0 Å². The molecule has 1 rings (SSSR count). The second kappa shape index (κ2) is 5.25. The largest absolute Gasteiger partial charge is 0.380 e. The molecule has 0 saturated carbocycles. The maximum absolute atomic E-state index is 6.27. The molecule has 3 heteroatoms. The van der Waals surface area contributed by atoms with Gasteiger partial charge in [0.15, 0.2) is 0 Å². The van der Waals surface area contributed by atoms with E-state index < -0.39 is 0 Å². The summed E-state index contributed by atoms with van der Waals surface area (Å²) in [7, 11) is 1.82. The van der Waals surface area contributed by atoms with Crippen molar-refractivity contribution in [2.75, 3.05) is 26.7 Å². The van der Waals surface area contributed by atoms with Crippen molar-refractivity contribution in [3.8, 4) is 0 Å². The van der Waals surface area contributed by atoms with Crippen LogP contribution in [-0.4, -0.2) is 43.3 Å². The molecule has 0 amide bonds. The molecule has 1 fully saturated rings. The Morgan fingerprint density at radius 2 is 1.88 bits per heavy atom. The molecule has 17 heavy (non-hydrogen) atoms. The van der Waals surface area contributed by atoms with Crippen LogP contribution in [0.3, 0.4) is 0 Å². The Morgan fingerprint density at radius 1 is 1.29 bits per heavy atom. The van der Waals surface area contributed by atoms with Crippen LogP contribution < -0.4 is 5.73 Å². The molecule has 0 aliphatic carbocycles. The SMILES string of the molecule is COC1CN(CC(C)(C)C(C)(C)N)CCC1C. The van der Waals surface area contributed by atoms with Crippen LogP contribution in [-0.2, 0) is 4.74 Å². The smallest absolute Gasteiger partial charge is 0.0724 e. The van der Waals surface area contributed by atoms with Crippen molar-refractivity contribution < 1.29 is 4.74 Å². The van der Waals surface area contributed by atoms with E-state index in [1.807, 2.05) is 7.11 Å². The monoisotopic (exact) mass is 242 g/mol. The summed E-state index contributed by atoms with van der Waals surface area (Å²) in [5.41, 5.74) is 6.23. The highest BCUT2D eigenvalue weighted by atomic mass is 16.5. The Hall–Kier alpha value is -0.120. The first-order valence-electron chi connectivity index (χ1n) is 6.71. The summed E-state index contributed by atoms with van der Waals surface area (Å²) in [6.07, 6.45) is 1.60. The van der Waals surface area contributed by atoms with Gasteiger partial charge in [0.2, 0.25) is 0 Å². The van der Waals surface area contributed by atoms with Gasteiger partial charge in [-0.2, -0.15) is 0 Å². The zero-order valence-electron chi connectivity index (χ0n) is 12.4. The molecule has 0 spiro atoms. The van der Waals surface area contributed by atoms with E-state index in [0.717, 1.165) is 13.1 Å². The van der Waals surface area contributed by atoms with Gasteiger partial charge in [0, 0.05) is 25.7 Å². The number of hydrogen-bond donors (Lipinski definition) is 1. The fourth-order valence-corrected chi connectivity index (χ4v) is 2.31. The predicted octanol–water partition coefficient (Wildman–Crippen LogP) is 2.11. The molecule has 1 aliphatic heterocycles. The standard InChI is InChI=1S/C14H30N2O/c1-11-7-8-16(9-12(11)17-6)10-13(2,3)14(4,5)15/h11-12H,7-10,15H2,1-6H3. The van der Waals surface area contributed by atoms with Crippen molar-refractivity contribution in [3.05, 3.63) is 0 Å². The summed E-state index contributed by atoms with van der Waals surface area (Å²) < 4.78 is 5.56. The van der Waals surface area contributed by atoms with E-state index in [4.69, 9.17) is 10.5 Å². The lowest BCUT2D eigenvalue weighted by Crippen LogP contribution is -2.55.